The van der Waals surface area contributed by atoms with Crippen LogP contribution >= 0.6 is 11.3 Å². The summed E-state index contributed by atoms with van der Waals surface area (Å²) in [5, 5.41) is 11.1. The summed E-state index contributed by atoms with van der Waals surface area (Å²) in [6.45, 7) is 5.25. The molecule has 0 bridgehead atoms. The van der Waals surface area contributed by atoms with E-state index in [2.05, 4.69) is 9.88 Å². The summed E-state index contributed by atoms with van der Waals surface area (Å²) in [4.78, 5) is 7.97. The molecule has 1 saturated carbocycles. The van der Waals surface area contributed by atoms with Crippen LogP contribution in [0.2, 0.25) is 0 Å². The summed E-state index contributed by atoms with van der Waals surface area (Å²) in [5.74, 6) is 0.730. The van der Waals surface area contributed by atoms with Gasteiger partial charge in [-0.2, -0.15) is 0 Å². The molecular weight excluding hydrogens is 232 g/mol. The number of likely N-dealkylation sites (N-methyl/N-ethyl adjacent to an activating group) is 1. The average Bonchev–Trinajstić information content (AvgIpc) is 2.45. The van der Waals surface area contributed by atoms with Crippen LogP contribution in [0.5, 0.6) is 0 Å². The molecule has 1 N–H and O–H groups in total. The molecule has 0 amide bonds. The van der Waals surface area contributed by atoms with Gasteiger partial charge in [0, 0.05) is 30.1 Å². The zero-order chi connectivity index (χ0) is 12.5. The van der Waals surface area contributed by atoms with Crippen LogP contribution in [-0.4, -0.2) is 34.2 Å². The van der Waals surface area contributed by atoms with Crippen molar-refractivity contribution in [1.29, 1.82) is 0 Å². The Morgan fingerprint density at radius 2 is 2.24 bits per heavy atom. The fourth-order valence-corrected chi connectivity index (χ4v) is 3.39. The minimum absolute atomic E-state index is 0.629. The van der Waals surface area contributed by atoms with Crippen molar-refractivity contribution in [2.24, 2.45) is 0 Å². The summed E-state index contributed by atoms with van der Waals surface area (Å²) in [6.07, 6.45) is 5.98. The molecule has 1 heterocycles. The second-order valence-electron chi connectivity index (χ2n) is 5.78. The van der Waals surface area contributed by atoms with Gasteiger partial charge in [-0.25, -0.2) is 4.98 Å². The molecular formula is C13H22N2OS. The molecule has 3 nitrogen and oxygen atoms in total. The Hall–Kier alpha value is -0.450. The molecule has 1 aliphatic carbocycles. The molecule has 0 aromatic carbocycles. The number of aromatic nitrogens is 1. The largest absolute Gasteiger partial charge is 0.389 e. The minimum Gasteiger partial charge on any atom is -0.389 e. The molecule has 0 atom stereocenters. The van der Waals surface area contributed by atoms with Crippen molar-refractivity contribution in [2.75, 3.05) is 13.6 Å². The summed E-state index contributed by atoms with van der Waals surface area (Å²) < 4.78 is 0. The molecule has 1 aliphatic rings. The molecule has 1 fully saturated rings. The fourth-order valence-electron chi connectivity index (χ4n) is 2.22. The van der Waals surface area contributed by atoms with E-state index in [1.165, 1.54) is 29.1 Å². The Morgan fingerprint density at radius 3 is 2.76 bits per heavy atom. The van der Waals surface area contributed by atoms with E-state index in [0.29, 0.717) is 6.54 Å². The molecule has 0 radical (unpaired) electrons. The molecule has 2 rings (SSSR count). The van der Waals surface area contributed by atoms with Gasteiger partial charge in [0.25, 0.3) is 0 Å². The van der Waals surface area contributed by atoms with Gasteiger partial charge in [-0.15, -0.1) is 11.3 Å². The monoisotopic (exact) mass is 254 g/mol. The van der Waals surface area contributed by atoms with Gasteiger partial charge in [-0.3, -0.25) is 4.90 Å². The van der Waals surface area contributed by atoms with Crippen molar-refractivity contribution >= 4 is 11.3 Å². The topological polar surface area (TPSA) is 36.4 Å². The average molecular weight is 254 g/mol. The minimum atomic E-state index is -0.629. The van der Waals surface area contributed by atoms with E-state index in [9.17, 15) is 5.11 Å². The highest BCUT2D eigenvalue weighted by Gasteiger charge is 2.23. The lowest BCUT2D eigenvalue weighted by Gasteiger charge is -2.25. The van der Waals surface area contributed by atoms with E-state index in [1.807, 2.05) is 38.4 Å². The Kier molecular flexibility index (Phi) is 3.85. The molecule has 1 aromatic rings. The number of hydrogen-bond acceptors (Lipinski definition) is 4. The predicted octanol–water partition coefficient (Wildman–Crippen LogP) is 2.61. The smallest absolute Gasteiger partial charge is 0.0959 e. The maximum absolute atomic E-state index is 9.75. The summed E-state index contributed by atoms with van der Waals surface area (Å²) >= 11 is 1.84. The molecule has 0 spiro atoms. The van der Waals surface area contributed by atoms with Gasteiger partial charge < -0.3 is 5.11 Å². The summed E-state index contributed by atoms with van der Waals surface area (Å²) in [5.41, 5.74) is -0.629. The van der Waals surface area contributed by atoms with Crippen molar-refractivity contribution in [3.05, 3.63) is 16.1 Å². The Balaban J connectivity index is 1.87. The molecule has 4 heteroatoms. The lowest BCUT2D eigenvalue weighted by molar-refractivity contribution is 0.0427. The van der Waals surface area contributed by atoms with Gasteiger partial charge in [0.15, 0.2) is 0 Å². The van der Waals surface area contributed by atoms with Crippen molar-refractivity contribution < 1.29 is 5.11 Å². The van der Waals surface area contributed by atoms with Crippen LogP contribution in [0.3, 0.4) is 0 Å². The summed E-state index contributed by atoms with van der Waals surface area (Å²) in [6, 6.07) is 0. The third-order valence-corrected chi connectivity index (χ3v) is 4.25. The quantitative estimate of drug-likeness (QED) is 0.877. The first kappa shape index (κ1) is 13.0. The normalized spacial score (nSPS) is 17.5. The van der Waals surface area contributed by atoms with Crippen molar-refractivity contribution in [1.82, 2.24) is 9.88 Å². The van der Waals surface area contributed by atoms with E-state index >= 15 is 0 Å². The van der Waals surface area contributed by atoms with E-state index < -0.39 is 5.60 Å². The van der Waals surface area contributed by atoms with Crippen LogP contribution in [0, 0.1) is 0 Å². The zero-order valence-corrected chi connectivity index (χ0v) is 11.8. The number of aliphatic hydroxyl groups is 1. The molecule has 96 valence electrons. The van der Waals surface area contributed by atoms with Crippen molar-refractivity contribution in [2.45, 2.75) is 51.2 Å². The number of nitrogens with zero attached hydrogens (tertiary/aromatic N) is 2. The van der Waals surface area contributed by atoms with Gasteiger partial charge in [-0.05, 0) is 33.7 Å². The third-order valence-electron chi connectivity index (χ3n) is 3.11. The van der Waals surface area contributed by atoms with Gasteiger partial charge in [0.05, 0.1) is 10.6 Å². The third kappa shape index (κ3) is 3.76. The first-order valence-corrected chi connectivity index (χ1v) is 7.11. The Labute approximate surface area is 107 Å². The molecule has 0 aliphatic heterocycles. The lowest BCUT2D eigenvalue weighted by Crippen LogP contribution is -2.35. The van der Waals surface area contributed by atoms with Gasteiger partial charge in [0.2, 0.25) is 0 Å². The van der Waals surface area contributed by atoms with Crippen LogP contribution in [0.4, 0.5) is 0 Å². The first-order chi connectivity index (χ1) is 7.94. The Morgan fingerprint density at radius 1 is 1.53 bits per heavy atom. The van der Waals surface area contributed by atoms with Crippen LogP contribution < -0.4 is 0 Å². The highest BCUT2D eigenvalue weighted by atomic mass is 32.1. The van der Waals surface area contributed by atoms with Crippen LogP contribution in [0.15, 0.2) is 6.20 Å². The first-order valence-electron chi connectivity index (χ1n) is 6.29. The van der Waals surface area contributed by atoms with Crippen LogP contribution in [-0.2, 0) is 6.54 Å². The van der Waals surface area contributed by atoms with Crippen LogP contribution in [0.1, 0.15) is 48.9 Å². The maximum Gasteiger partial charge on any atom is 0.0959 e. The summed E-state index contributed by atoms with van der Waals surface area (Å²) in [7, 11) is 2.04. The standard InChI is InChI=1S/C13H22N2OS/c1-13(2,16)9-15(3)8-11-7-14-12(17-11)10-5-4-6-10/h7,10,16H,4-6,8-9H2,1-3H3. The maximum atomic E-state index is 9.75. The second kappa shape index (κ2) is 5.04. The molecule has 17 heavy (non-hydrogen) atoms. The molecule has 1 aromatic heterocycles. The highest BCUT2D eigenvalue weighted by molar-refractivity contribution is 7.11. The molecule has 0 saturated heterocycles. The van der Waals surface area contributed by atoms with E-state index in [1.54, 1.807) is 0 Å². The van der Waals surface area contributed by atoms with Gasteiger partial charge in [0.1, 0.15) is 0 Å². The lowest BCUT2D eigenvalue weighted by atomic mass is 9.86. The van der Waals surface area contributed by atoms with Gasteiger partial charge >= 0.3 is 0 Å². The Bertz CT molecular complexity index is 366. The second-order valence-corrected chi connectivity index (χ2v) is 6.92. The molecule has 0 unspecified atom stereocenters. The zero-order valence-electron chi connectivity index (χ0n) is 10.9. The predicted molar refractivity (Wildman–Crippen MR) is 71.3 cm³/mol. The SMILES string of the molecule is CN(Cc1cnc(C2CCC2)s1)CC(C)(C)O. The van der Waals surface area contributed by atoms with Crippen molar-refractivity contribution in [3.8, 4) is 0 Å². The van der Waals surface area contributed by atoms with E-state index in [0.717, 1.165) is 12.5 Å². The van der Waals surface area contributed by atoms with E-state index in [4.69, 9.17) is 0 Å². The highest BCUT2D eigenvalue weighted by Crippen LogP contribution is 2.38. The number of hydrogen-bond donors (Lipinski definition) is 1. The van der Waals surface area contributed by atoms with Gasteiger partial charge in [-0.1, -0.05) is 6.42 Å². The van der Waals surface area contributed by atoms with E-state index in [-0.39, 0.29) is 0 Å². The van der Waals surface area contributed by atoms with Crippen LogP contribution in [0.25, 0.3) is 0 Å². The fraction of sp³-hybridized carbons (Fsp3) is 0.769. The number of rotatable bonds is 5. The number of thiazole rings is 1. The van der Waals surface area contributed by atoms with Crippen molar-refractivity contribution in [3.63, 3.8) is 0 Å².